The molecule has 1 aliphatic heterocycles. The summed E-state index contributed by atoms with van der Waals surface area (Å²) >= 11 is 0. The molecule has 0 unspecified atom stereocenters. The average Bonchev–Trinajstić information content (AvgIpc) is 3.34. The van der Waals surface area contributed by atoms with Gasteiger partial charge in [-0.25, -0.2) is 4.98 Å². The van der Waals surface area contributed by atoms with Crippen LogP contribution in [0.3, 0.4) is 0 Å². The standard InChI is InChI=1S/C34H48N4O3/c1-25(2)15-21-37(22-16-26(3)4)34(40)28-13-14-30-31(24-28)38(20-10-19-36-17-7-6-8-18-36)33(35-30)32(39)27-11-9-12-29(23-27)41-5/h9,11-14,23-26H,6-8,10,15-22H2,1-5H3. The highest BCUT2D eigenvalue weighted by Gasteiger charge is 2.23. The lowest BCUT2D eigenvalue weighted by molar-refractivity contribution is 0.0740. The molecule has 2 heterocycles. The zero-order chi connectivity index (χ0) is 29.4. The number of piperidine rings is 1. The number of ketones is 1. The minimum absolute atomic E-state index is 0.0509. The summed E-state index contributed by atoms with van der Waals surface area (Å²) in [5.74, 6) is 2.01. The predicted molar refractivity (Wildman–Crippen MR) is 166 cm³/mol. The highest BCUT2D eigenvalue weighted by atomic mass is 16.5. The molecule has 0 spiro atoms. The van der Waals surface area contributed by atoms with Crippen molar-refractivity contribution in [3.63, 3.8) is 0 Å². The number of imidazole rings is 1. The van der Waals surface area contributed by atoms with E-state index in [-0.39, 0.29) is 11.7 Å². The fourth-order valence-corrected chi connectivity index (χ4v) is 5.51. The van der Waals surface area contributed by atoms with Gasteiger partial charge in [0.2, 0.25) is 5.78 Å². The topological polar surface area (TPSA) is 67.7 Å². The lowest BCUT2D eigenvalue weighted by atomic mass is 10.1. The third kappa shape index (κ3) is 8.19. The minimum atomic E-state index is -0.138. The van der Waals surface area contributed by atoms with Crippen molar-refractivity contribution >= 4 is 22.7 Å². The molecule has 1 saturated heterocycles. The Kier molecular flexibility index (Phi) is 11.0. The second-order valence-corrected chi connectivity index (χ2v) is 12.3. The Hall–Kier alpha value is -3.19. The number of amides is 1. The van der Waals surface area contributed by atoms with E-state index in [1.807, 2.05) is 39.8 Å². The number of hydrogen-bond donors (Lipinski definition) is 0. The van der Waals surface area contributed by atoms with E-state index in [1.165, 1.54) is 19.3 Å². The maximum atomic E-state index is 13.8. The summed E-state index contributed by atoms with van der Waals surface area (Å²) < 4.78 is 7.40. The third-order valence-electron chi connectivity index (χ3n) is 8.07. The van der Waals surface area contributed by atoms with Gasteiger partial charge in [0.05, 0.1) is 18.1 Å². The molecule has 0 saturated carbocycles. The van der Waals surface area contributed by atoms with E-state index in [0.29, 0.717) is 41.1 Å². The maximum Gasteiger partial charge on any atom is 0.253 e. The molecule has 7 nitrogen and oxygen atoms in total. The fraction of sp³-hybridized carbons (Fsp3) is 0.559. The van der Waals surface area contributed by atoms with Crippen LogP contribution in [0.15, 0.2) is 42.5 Å². The first-order valence-corrected chi connectivity index (χ1v) is 15.5. The van der Waals surface area contributed by atoms with Gasteiger partial charge in [0.15, 0.2) is 5.82 Å². The van der Waals surface area contributed by atoms with E-state index in [2.05, 4.69) is 32.6 Å². The Morgan fingerprint density at radius 1 is 0.902 bits per heavy atom. The van der Waals surface area contributed by atoms with Crippen molar-refractivity contribution in [1.82, 2.24) is 19.4 Å². The number of methoxy groups -OCH3 is 1. The van der Waals surface area contributed by atoms with Crippen molar-refractivity contribution in [1.29, 1.82) is 0 Å². The summed E-state index contributed by atoms with van der Waals surface area (Å²) in [6.07, 6.45) is 6.67. The number of hydrogen-bond acceptors (Lipinski definition) is 5. The Morgan fingerprint density at radius 3 is 2.27 bits per heavy atom. The Morgan fingerprint density at radius 2 is 1.61 bits per heavy atom. The highest BCUT2D eigenvalue weighted by molar-refractivity contribution is 6.09. The molecule has 1 aromatic heterocycles. The van der Waals surface area contributed by atoms with Crippen LogP contribution in [-0.4, -0.2) is 70.9 Å². The first-order valence-electron chi connectivity index (χ1n) is 15.5. The van der Waals surface area contributed by atoms with E-state index in [4.69, 9.17) is 9.72 Å². The van der Waals surface area contributed by atoms with Gasteiger partial charge < -0.3 is 19.1 Å². The molecule has 41 heavy (non-hydrogen) atoms. The third-order valence-corrected chi connectivity index (χ3v) is 8.07. The zero-order valence-electron chi connectivity index (χ0n) is 25.7. The van der Waals surface area contributed by atoms with E-state index in [0.717, 1.165) is 63.0 Å². The first kappa shape index (κ1) is 30.8. The SMILES string of the molecule is COc1cccc(C(=O)c2nc3ccc(C(=O)N(CCC(C)C)CCC(C)C)cc3n2CCCN2CCCCC2)c1. The molecule has 1 amide bonds. The van der Waals surface area contributed by atoms with E-state index in [9.17, 15) is 9.59 Å². The number of nitrogens with zero attached hydrogens (tertiary/aromatic N) is 4. The van der Waals surface area contributed by atoms with Gasteiger partial charge in [-0.2, -0.15) is 0 Å². The fourth-order valence-electron chi connectivity index (χ4n) is 5.51. The molecular formula is C34H48N4O3. The van der Waals surface area contributed by atoms with Gasteiger partial charge in [0.25, 0.3) is 5.91 Å². The molecule has 222 valence electrons. The van der Waals surface area contributed by atoms with Gasteiger partial charge in [-0.15, -0.1) is 0 Å². The molecule has 0 N–H and O–H groups in total. The normalized spacial score (nSPS) is 14.2. The van der Waals surface area contributed by atoms with Crippen molar-refractivity contribution in [3.05, 3.63) is 59.4 Å². The van der Waals surface area contributed by atoms with Crippen molar-refractivity contribution in [2.45, 2.75) is 72.8 Å². The van der Waals surface area contributed by atoms with Gasteiger partial charge >= 0.3 is 0 Å². The molecule has 0 radical (unpaired) electrons. The molecule has 1 aliphatic rings. The van der Waals surface area contributed by atoms with Gasteiger partial charge in [-0.3, -0.25) is 9.59 Å². The number of rotatable bonds is 14. The van der Waals surface area contributed by atoms with Gasteiger partial charge in [0.1, 0.15) is 5.75 Å². The number of benzene rings is 2. The van der Waals surface area contributed by atoms with E-state index in [1.54, 1.807) is 19.2 Å². The van der Waals surface area contributed by atoms with Crippen LogP contribution in [0.2, 0.25) is 0 Å². The number of aromatic nitrogens is 2. The summed E-state index contributed by atoms with van der Waals surface area (Å²) in [7, 11) is 1.60. The smallest absolute Gasteiger partial charge is 0.253 e. The zero-order valence-corrected chi connectivity index (χ0v) is 25.7. The molecule has 3 aromatic rings. The summed E-state index contributed by atoms with van der Waals surface area (Å²) in [6, 6.07) is 12.9. The lowest BCUT2D eigenvalue weighted by Crippen LogP contribution is -2.34. The van der Waals surface area contributed by atoms with Crippen molar-refractivity contribution < 1.29 is 14.3 Å². The molecule has 2 aromatic carbocycles. The Bertz CT molecular complexity index is 1290. The number of likely N-dealkylation sites (tertiary alicyclic amines) is 1. The van der Waals surface area contributed by atoms with E-state index >= 15 is 0 Å². The molecule has 0 bridgehead atoms. The van der Waals surface area contributed by atoms with Crippen LogP contribution in [0.1, 0.15) is 92.8 Å². The molecule has 4 rings (SSSR count). The van der Waals surface area contributed by atoms with Crippen LogP contribution >= 0.6 is 0 Å². The highest BCUT2D eigenvalue weighted by Crippen LogP contribution is 2.24. The maximum absolute atomic E-state index is 13.8. The van der Waals surface area contributed by atoms with Crippen molar-refractivity contribution in [2.24, 2.45) is 11.8 Å². The quantitative estimate of drug-likeness (QED) is 0.206. The molecule has 0 atom stereocenters. The Labute approximate surface area is 245 Å². The number of ether oxygens (including phenoxy) is 1. The number of carbonyl (C=O) groups is 2. The average molecular weight is 561 g/mol. The number of fused-ring (bicyclic) bond motifs is 1. The van der Waals surface area contributed by atoms with Crippen LogP contribution < -0.4 is 4.74 Å². The summed E-state index contributed by atoms with van der Waals surface area (Å²) in [4.78, 5) is 36.9. The van der Waals surface area contributed by atoms with Gasteiger partial charge in [0, 0.05) is 30.8 Å². The van der Waals surface area contributed by atoms with E-state index < -0.39 is 0 Å². The summed E-state index contributed by atoms with van der Waals surface area (Å²) in [6.45, 7) is 14.2. The van der Waals surface area contributed by atoms with Gasteiger partial charge in [-0.1, -0.05) is 46.2 Å². The predicted octanol–water partition coefficient (Wildman–Crippen LogP) is 6.69. The van der Waals surface area contributed by atoms with Crippen LogP contribution in [0.4, 0.5) is 0 Å². The molecule has 7 heteroatoms. The monoisotopic (exact) mass is 560 g/mol. The first-order chi connectivity index (χ1) is 19.8. The second kappa shape index (κ2) is 14.6. The lowest BCUT2D eigenvalue weighted by Gasteiger charge is -2.26. The number of aryl methyl sites for hydroxylation is 1. The second-order valence-electron chi connectivity index (χ2n) is 12.3. The van der Waals surface area contributed by atoms with Crippen LogP contribution in [0, 0.1) is 11.8 Å². The summed E-state index contributed by atoms with van der Waals surface area (Å²) in [5, 5.41) is 0. The molecule has 1 fully saturated rings. The summed E-state index contributed by atoms with van der Waals surface area (Å²) in [5.41, 5.74) is 2.78. The van der Waals surface area contributed by atoms with Crippen LogP contribution in [-0.2, 0) is 6.54 Å². The molecular weight excluding hydrogens is 512 g/mol. The van der Waals surface area contributed by atoms with Crippen molar-refractivity contribution in [3.8, 4) is 5.75 Å². The van der Waals surface area contributed by atoms with Crippen molar-refractivity contribution in [2.75, 3.05) is 39.8 Å². The van der Waals surface area contributed by atoms with Crippen LogP contribution in [0.5, 0.6) is 5.75 Å². The minimum Gasteiger partial charge on any atom is -0.497 e. The number of carbonyl (C=O) groups excluding carboxylic acids is 2. The van der Waals surface area contributed by atoms with Crippen LogP contribution in [0.25, 0.3) is 11.0 Å². The molecule has 0 aliphatic carbocycles. The Balaban J connectivity index is 1.67. The largest absolute Gasteiger partial charge is 0.497 e. The van der Waals surface area contributed by atoms with Gasteiger partial charge in [-0.05, 0) is 93.9 Å².